The van der Waals surface area contributed by atoms with Crippen molar-refractivity contribution in [3.8, 4) is 0 Å². The van der Waals surface area contributed by atoms with Crippen LogP contribution in [0.25, 0.3) is 11.0 Å². The highest BCUT2D eigenvalue weighted by Crippen LogP contribution is 2.35. The second kappa shape index (κ2) is 5.38. The maximum Gasteiger partial charge on any atom is 0.134 e. The van der Waals surface area contributed by atoms with Crippen molar-refractivity contribution in [1.29, 1.82) is 0 Å². The fourth-order valence-electron chi connectivity index (χ4n) is 3.36. The molecule has 1 aromatic heterocycles. The lowest BCUT2D eigenvalue weighted by molar-refractivity contribution is 0.381. The van der Waals surface area contributed by atoms with E-state index in [4.69, 9.17) is 4.42 Å². The molecule has 1 aromatic carbocycles. The van der Waals surface area contributed by atoms with Gasteiger partial charge in [0.2, 0.25) is 0 Å². The first kappa shape index (κ1) is 12.7. The molecule has 2 aromatic rings. The predicted octanol–water partition coefficient (Wildman–Crippen LogP) is 4.38. The molecule has 0 aliphatic heterocycles. The van der Waals surface area contributed by atoms with E-state index >= 15 is 0 Å². The monoisotopic (exact) mass is 257 g/mol. The Morgan fingerprint density at radius 1 is 1.11 bits per heavy atom. The Morgan fingerprint density at radius 2 is 1.95 bits per heavy atom. The molecule has 102 valence electrons. The van der Waals surface area contributed by atoms with Crippen LogP contribution in [0.4, 0.5) is 0 Å². The predicted molar refractivity (Wildman–Crippen MR) is 79.6 cm³/mol. The van der Waals surface area contributed by atoms with Crippen molar-refractivity contribution in [1.82, 2.24) is 5.32 Å². The average Bonchev–Trinajstić information content (AvgIpc) is 2.67. The largest absolute Gasteiger partial charge is 0.461 e. The van der Waals surface area contributed by atoms with Crippen LogP contribution in [0.3, 0.4) is 0 Å². The molecule has 2 heteroatoms. The Morgan fingerprint density at radius 3 is 2.79 bits per heavy atom. The van der Waals surface area contributed by atoms with E-state index in [0.29, 0.717) is 12.0 Å². The van der Waals surface area contributed by atoms with Gasteiger partial charge in [-0.05, 0) is 45.0 Å². The number of aryl methyl sites for hydroxylation is 1. The van der Waals surface area contributed by atoms with Crippen LogP contribution in [0.2, 0.25) is 0 Å². The van der Waals surface area contributed by atoms with Crippen molar-refractivity contribution in [2.45, 2.75) is 51.0 Å². The Kier molecular flexibility index (Phi) is 3.61. The minimum Gasteiger partial charge on any atom is -0.461 e. The first-order valence-electron chi connectivity index (χ1n) is 7.45. The lowest BCUT2D eigenvalue weighted by Gasteiger charge is -2.22. The fourth-order valence-corrected chi connectivity index (χ4v) is 3.36. The maximum atomic E-state index is 6.11. The molecule has 1 N–H and O–H groups in total. The number of fused-ring (bicyclic) bond motifs is 1. The lowest BCUT2D eigenvalue weighted by atomic mass is 9.92. The Balaban J connectivity index is 1.96. The van der Waals surface area contributed by atoms with Gasteiger partial charge >= 0.3 is 0 Å². The molecule has 2 atom stereocenters. The van der Waals surface area contributed by atoms with Gasteiger partial charge in [-0.25, -0.2) is 0 Å². The molecule has 0 amide bonds. The van der Waals surface area contributed by atoms with Gasteiger partial charge in [0.15, 0.2) is 0 Å². The molecule has 1 saturated carbocycles. The molecule has 1 aliphatic rings. The fraction of sp³-hybridized carbons (Fsp3) is 0.529. The third-order valence-electron chi connectivity index (χ3n) is 4.44. The first-order chi connectivity index (χ1) is 9.28. The van der Waals surface area contributed by atoms with Crippen LogP contribution in [0.15, 0.2) is 28.7 Å². The number of hydrogen-bond donors (Lipinski definition) is 1. The van der Waals surface area contributed by atoms with E-state index in [1.807, 2.05) is 0 Å². The zero-order valence-electron chi connectivity index (χ0n) is 11.9. The van der Waals surface area contributed by atoms with Gasteiger partial charge in [0.05, 0.1) is 0 Å². The van der Waals surface area contributed by atoms with Crippen LogP contribution < -0.4 is 5.32 Å². The average molecular weight is 257 g/mol. The van der Waals surface area contributed by atoms with Crippen LogP contribution in [-0.2, 0) is 0 Å². The summed E-state index contributed by atoms with van der Waals surface area (Å²) >= 11 is 0. The summed E-state index contributed by atoms with van der Waals surface area (Å²) in [6, 6.07) is 9.25. The highest BCUT2D eigenvalue weighted by atomic mass is 16.3. The number of furan rings is 1. The van der Waals surface area contributed by atoms with Crippen molar-refractivity contribution >= 4 is 11.0 Å². The van der Waals surface area contributed by atoms with Gasteiger partial charge in [0.1, 0.15) is 11.3 Å². The van der Waals surface area contributed by atoms with Crippen molar-refractivity contribution < 1.29 is 4.42 Å². The molecule has 2 unspecified atom stereocenters. The van der Waals surface area contributed by atoms with Crippen LogP contribution >= 0.6 is 0 Å². The Bertz CT molecular complexity index is 557. The van der Waals surface area contributed by atoms with E-state index in [-0.39, 0.29) is 0 Å². The van der Waals surface area contributed by atoms with E-state index in [2.05, 4.69) is 43.6 Å². The molecule has 0 saturated heterocycles. The number of hydrogen-bond acceptors (Lipinski definition) is 2. The molecule has 0 spiro atoms. The van der Waals surface area contributed by atoms with Crippen LogP contribution in [0.5, 0.6) is 0 Å². The Hall–Kier alpha value is -1.28. The van der Waals surface area contributed by atoms with Crippen molar-refractivity contribution in [2.24, 2.45) is 0 Å². The summed E-state index contributed by atoms with van der Waals surface area (Å²) in [7, 11) is 2.08. The number of benzene rings is 1. The van der Waals surface area contributed by atoms with Gasteiger partial charge in [-0.3, -0.25) is 0 Å². The lowest BCUT2D eigenvalue weighted by Crippen LogP contribution is -2.30. The molecule has 0 bridgehead atoms. The molecule has 19 heavy (non-hydrogen) atoms. The normalized spacial score (nSPS) is 24.5. The molecule has 2 nitrogen and oxygen atoms in total. The van der Waals surface area contributed by atoms with Gasteiger partial charge in [-0.15, -0.1) is 0 Å². The summed E-state index contributed by atoms with van der Waals surface area (Å²) in [5.41, 5.74) is 2.32. The summed E-state index contributed by atoms with van der Waals surface area (Å²) in [5.74, 6) is 1.70. The van der Waals surface area contributed by atoms with E-state index in [9.17, 15) is 0 Å². The van der Waals surface area contributed by atoms with Gasteiger partial charge in [0, 0.05) is 17.3 Å². The third kappa shape index (κ3) is 2.55. The topological polar surface area (TPSA) is 25.2 Å². The zero-order valence-corrected chi connectivity index (χ0v) is 11.9. The molecule has 3 rings (SSSR count). The summed E-state index contributed by atoms with van der Waals surface area (Å²) in [6.45, 7) is 2.13. The van der Waals surface area contributed by atoms with Crippen LogP contribution in [-0.4, -0.2) is 13.1 Å². The van der Waals surface area contributed by atoms with Crippen LogP contribution in [0, 0.1) is 6.92 Å². The summed E-state index contributed by atoms with van der Waals surface area (Å²) in [4.78, 5) is 0. The standard InChI is InChI=1S/C17H23NO/c1-12-8-9-16-13(10-12)11-17(19-16)14-6-4-3-5-7-15(14)18-2/h8-11,14-15,18H,3-7H2,1-2H3. The highest BCUT2D eigenvalue weighted by molar-refractivity contribution is 5.78. The van der Waals surface area contributed by atoms with E-state index < -0.39 is 0 Å². The molecule has 1 heterocycles. The third-order valence-corrected chi connectivity index (χ3v) is 4.44. The second-order valence-electron chi connectivity index (χ2n) is 5.83. The van der Waals surface area contributed by atoms with Crippen molar-refractivity contribution in [3.63, 3.8) is 0 Å². The molecule has 0 radical (unpaired) electrons. The SMILES string of the molecule is CNC1CCCCCC1c1cc2cc(C)ccc2o1. The number of rotatable bonds is 2. The smallest absolute Gasteiger partial charge is 0.134 e. The molecular weight excluding hydrogens is 234 g/mol. The van der Waals surface area contributed by atoms with Gasteiger partial charge in [0.25, 0.3) is 0 Å². The van der Waals surface area contributed by atoms with Gasteiger partial charge < -0.3 is 9.73 Å². The Labute approximate surface area is 115 Å². The van der Waals surface area contributed by atoms with Crippen LogP contribution in [0.1, 0.15) is 49.3 Å². The van der Waals surface area contributed by atoms with Gasteiger partial charge in [-0.1, -0.05) is 30.9 Å². The quantitative estimate of drug-likeness (QED) is 0.808. The summed E-state index contributed by atoms with van der Waals surface area (Å²) in [5, 5.41) is 4.73. The summed E-state index contributed by atoms with van der Waals surface area (Å²) in [6.07, 6.45) is 6.51. The zero-order chi connectivity index (χ0) is 13.2. The molecular formula is C17H23NO. The van der Waals surface area contributed by atoms with E-state index in [1.54, 1.807) is 0 Å². The van der Waals surface area contributed by atoms with Gasteiger partial charge in [-0.2, -0.15) is 0 Å². The number of nitrogens with one attached hydrogen (secondary N) is 1. The van der Waals surface area contributed by atoms with Crippen molar-refractivity contribution in [3.05, 3.63) is 35.6 Å². The van der Waals surface area contributed by atoms with E-state index in [1.165, 1.54) is 48.8 Å². The maximum absolute atomic E-state index is 6.11. The molecule has 1 fully saturated rings. The highest BCUT2D eigenvalue weighted by Gasteiger charge is 2.26. The minimum atomic E-state index is 0.528. The molecule has 1 aliphatic carbocycles. The van der Waals surface area contributed by atoms with Crippen molar-refractivity contribution in [2.75, 3.05) is 7.05 Å². The second-order valence-corrected chi connectivity index (χ2v) is 5.83. The minimum absolute atomic E-state index is 0.528. The first-order valence-corrected chi connectivity index (χ1v) is 7.45. The number of likely N-dealkylation sites (N-methyl/N-ethyl adjacent to an activating group) is 1. The summed E-state index contributed by atoms with van der Waals surface area (Å²) < 4.78 is 6.11. The van der Waals surface area contributed by atoms with E-state index in [0.717, 1.165) is 5.58 Å².